The largest absolute Gasteiger partial charge is 0.505 e. The van der Waals surface area contributed by atoms with Crippen molar-refractivity contribution in [1.82, 2.24) is 0 Å². The van der Waals surface area contributed by atoms with Crippen LogP contribution in [-0.2, 0) is 4.74 Å². The van der Waals surface area contributed by atoms with Crippen LogP contribution in [0, 0.1) is 0 Å². The van der Waals surface area contributed by atoms with E-state index in [0.29, 0.717) is 5.56 Å². The lowest BCUT2D eigenvalue weighted by molar-refractivity contribution is 0.0597. The van der Waals surface area contributed by atoms with Gasteiger partial charge in [-0.3, -0.25) is 4.79 Å². The minimum atomic E-state index is -0.674. The van der Waals surface area contributed by atoms with E-state index in [9.17, 15) is 14.7 Å². The molecule has 0 bridgehead atoms. The van der Waals surface area contributed by atoms with Gasteiger partial charge in [-0.2, -0.15) is 0 Å². The van der Waals surface area contributed by atoms with Crippen molar-refractivity contribution in [3.8, 4) is 11.5 Å². The molecule has 0 saturated heterocycles. The first-order valence-corrected chi connectivity index (χ1v) is 8.57. The fourth-order valence-electron chi connectivity index (χ4n) is 3.00. The maximum atomic E-state index is 12.4. The SMILES string of the molecule is COC(=O)c1cccc(NC(=O)c2ccc(OC3CCCC3)cc2)c1O. The first-order chi connectivity index (χ1) is 12.6. The third-order valence-electron chi connectivity index (χ3n) is 4.41. The molecule has 1 amide bonds. The average Bonchev–Trinajstić information content (AvgIpc) is 3.16. The highest BCUT2D eigenvalue weighted by Crippen LogP contribution is 2.29. The summed E-state index contributed by atoms with van der Waals surface area (Å²) < 4.78 is 10.5. The lowest BCUT2D eigenvalue weighted by Crippen LogP contribution is -2.14. The van der Waals surface area contributed by atoms with Crippen LogP contribution in [0.3, 0.4) is 0 Å². The fraction of sp³-hybridized carbons (Fsp3) is 0.300. The quantitative estimate of drug-likeness (QED) is 0.630. The molecule has 2 aromatic rings. The first kappa shape index (κ1) is 17.8. The lowest BCUT2D eigenvalue weighted by atomic mass is 10.1. The topological polar surface area (TPSA) is 84.9 Å². The second-order valence-electron chi connectivity index (χ2n) is 6.20. The Morgan fingerprint density at radius 1 is 1.08 bits per heavy atom. The standard InChI is InChI=1S/C20H21NO5/c1-25-20(24)16-7-4-8-17(18(16)22)21-19(23)13-9-11-15(12-10-13)26-14-5-2-3-6-14/h4,7-12,14,22H,2-3,5-6H2,1H3,(H,21,23). The number of ether oxygens (including phenoxy) is 2. The number of rotatable bonds is 5. The molecule has 0 aromatic heterocycles. The Morgan fingerprint density at radius 2 is 1.77 bits per heavy atom. The van der Waals surface area contributed by atoms with Gasteiger partial charge in [0.05, 0.1) is 18.9 Å². The van der Waals surface area contributed by atoms with Crippen LogP contribution < -0.4 is 10.1 Å². The van der Waals surface area contributed by atoms with Crippen molar-refractivity contribution in [2.75, 3.05) is 12.4 Å². The van der Waals surface area contributed by atoms with Gasteiger partial charge in [0.25, 0.3) is 5.91 Å². The highest BCUT2D eigenvalue weighted by atomic mass is 16.5. The number of hydrogen-bond acceptors (Lipinski definition) is 5. The Hall–Kier alpha value is -3.02. The van der Waals surface area contributed by atoms with Crippen LogP contribution in [0.15, 0.2) is 42.5 Å². The molecule has 0 aliphatic heterocycles. The summed E-state index contributed by atoms with van der Waals surface area (Å²) >= 11 is 0. The van der Waals surface area contributed by atoms with Gasteiger partial charge in [0.2, 0.25) is 0 Å². The van der Waals surface area contributed by atoms with Crippen molar-refractivity contribution in [2.45, 2.75) is 31.8 Å². The Labute approximate surface area is 151 Å². The molecule has 1 aliphatic rings. The van der Waals surface area contributed by atoms with E-state index in [1.54, 1.807) is 30.3 Å². The van der Waals surface area contributed by atoms with Gasteiger partial charge in [-0.05, 0) is 62.1 Å². The molecule has 0 atom stereocenters. The summed E-state index contributed by atoms with van der Waals surface area (Å²) in [5.41, 5.74) is 0.557. The van der Waals surface area contributed by atoms with Crippen LogP contribution in [0.4, 0.5) is 5.69 Å². The van der Waals surface area contributed by atoms with Gasteiger partial charge in [-0.1, -0.05) is 6.07 Å². The van der Waals surface area contributed by atoms with Gasteiger partial charge >= 0.3 is 5.97 Å². The molecule has 6 nitrogen and oxygen atoms in total. The number of phenols is 1. The number of nitrogens with one attached hydrogen (secondary N) is 1. The number of phenolic OH excluding ortho intramolecular Hbond substituents is 1. The van der Waals surface area contributed by atoms with Crippen molar-refractivity contribution >= 4 is 17.6 Å². The van der Waals surface area contributed by atoms with Gasteiger partial charge in [0.15, 0.2) is 5.75 Å². The van der Waals surface area contributed by atoms with Crippen LogP contribution in [-0.4, -0.2) is 30.2 Å². The predicted molar refractivity (Wildman–Crippen MR) is 96.7 cm³/mol. The number of carbonyl (C=O) groups excluding carboxylic acids is 2. The summed E-state index contributed by atoms with van der Waals surface area (Å²) in [7, 11) is 1.22. The molecule has 6 heteroatoms. The second kappa shape index (κ2) is 7.91. The molecular weight excluding hydrogens is 334 g/mol. The molecule has 1 aliphatic carbocycles. The minimum absolute atomic E-state index is 0.00869. The number of hydrogen-bond donors (Lipinski definition) is 2. The smallest absolute Gasteiger partial charge is 0.341 e. The Morgan fingerprint density at radius 3 is 2.42 bits per heavy atom. The fourth-order valence-corrected chi connectivity index (χ4v) is 3.00. The van der Waals surface area contributed by atoms with Crippen LogP contribution in [0.2, 0.25) is 0 Å². The molecule has 0 spiro atoms. The number of aromatic hydroxyl groups is 1. The molecule has 1 fully saturated rings. The molecular formula is C20H21NO5. The minimum Gasteiger partial charge on any atom is -0.505 e. The van der Waals surface area contributed by atoms with E-state index in [0.717, 1.165) is 18.6 Å². The van der Waals surface area contributed by atoms with E-state index in [-0.39, 0.29) is 23.1 Å². The van der Waals surface area contributed by atoms with E-state index in [1.165, 1.54) is 32.1 Å². The van der Waals surface area contributed by atoms with Crippen molar-refractivity contribution in [2.24, 2.45) is 0 Å². The van der Waals surface area contributed by atoms with Crippen LogP contribution in [0.25, 0.3) is 0 Å². The molecule has 2 N–H and O–H groups in total. The molecule has 3 rings (SSSR count). The van der Waals surface area contributed by atoms with Gasteiger partial charge < -0.3 is 19.9 Å². The van der Waals surface area contributed by atoms with E-state index in [4.69, 9.17) is 4.74 Å². The molecule has 1 saturated carbocycles. The molecule has 26 heavy (non-hydrogen) atoms. The highest BCUT2D eigenvalue weighted by molar-refractivity contribution is 6.06. The normalized spacial score (nSPS) is 14.0. The van der Waals surface area contributed by atoms with Gasteiger partial charge in [0.1, 0.15) is 11.3 Å². The maximum absolute atomic E-state index is 12.4. The summed E-state index contributed by atoms with van der Waals surface area (Å²) in [4.78, 5) is 24.0. The monoisotopic (exact) mass is 355 g/mol. The van der Waals surface area contributed by atoms with Gasteiger partial charge in [-0.25, -0.2) is 4.79 Å². The number of amides is 1. The van der Waals surface area contributed by atoms with Crippen LogP contribution >= 0.6 is 0 Å². The number of esters is 1. The molecule has 0 unspecified atom stereocenters. The zero-order chi connectivity index (χ0) is 18.5. The summed E-state index contributed by atoms with van der Waals surface area (Å²) in [5.74, 6) is -0.653. The van der Waals surface area contributed by atoms with Crippen molar-refractivity contribution in [3.63, 3.8) is 0 Å². The first-order valence-electron chi connectivity index (χ1n) is 8.57. The number of methoxy groups -OCH3 is 1. The zero-order valence-electron chi connectivity index (χ0n) is 14.5. The highest BCUT2D eigenvalue weighted by Gasteiger charge is 2.18. The predicted octanol–water partition coefficient (Wildman–Crippen LogP) is 3.75. The van der Waals surface area contributed by atoms with Crippen LogP contribution in [0.5, 0.6) is 11.5 Å². The maximum Gasteiger partial charge on any atom is 0.341 e. The third-order valence-corrected chi connectivity index (χ3v) is 4.41. The van der Waals surface area contributed by atoms with Gasteiger partial charge in [0, 0.05) is 5.56 Å². The average molecular weight is 355 g/mol. The third kappa shape index (κ3) is 3.96. The molecule has 136 valence electrons. The van der Waals surface area contributed by atoms with Crippen molar-refractivity contribution in [3.05, 3.63) is 53.6 Å². The number of para-hydroxylation sites is 1. The molecule has 2 aromatic carbocycles. The molecule has 0 heterocycles. The van der Waals surface area contributed by atoms with E-state index < -0.39 is 11.9 Å². The second-order valence-corrected chi connectivity index (χ2v) is 6.20. The zero-order valence-corrected chi connectivity index (χ0v) is 14.5. The van der Waals surface area contributed by atoms with Crippen molar-refractivity contribution < 1.29 is 24.2 Å². The summed E-state index contributed by atoms with van der Waals surface area (Å²) in [6, 6.07) is 11.3. The lowest BCUT2D eigenvalue weighted by Gasteiger charge is -2.13. The van der Waals surface area contributed by atoms with Gasteiger partial charge in [-0.15, -0.1) is 0 Å². The Kier molecular flexibility index (Phi) is 5.41. The van der Waals surface area contributed by atoms with Crippen LogP contribution in [0.1, 0.15) is 46.4 Å². The summed E-state index contributed by atoms with van der Waals surface area (Å²) in [6.45, 7) is 0. The van der Waals surface area contributed by atoms with E-state index in [2.05, 4.69) is 10.1 Å². The number of anilines is 1. The summed E-state index contributed by atoms with van der Waals surface area (Å²) in [5, 5.41) is 12.8. The van der Waals surface area contributed by atoms with E-state index >= 15 is 0 Å². The molecule has 0 radical (unpaired) electrons. The number of benzene rings is 2. The summed E-state index contributed by atoms with van der Waals surface area (Å²) in [6.07, 6.45) is 4.78. The number of carbonyl (C=O) groups is 2. The van der Waals surface area contributed by atoms with E-state index in [1.807, 2.05) is 0 Å². The Bertz CT molecular complexity index is 794. The Balaban J connectivity index is 1.69. The van der Waals surface area contributed by atoms with Crippen molar-refractivity contribution in [1.29, 1.82) is 0 Å².